The summed E-state index contributed by atoms with van der Waals surface area (Å²) in [5, 5.41) is 0. The molecule has 1 aromatic carbocycles. The number of ether oxygens (including phenoxy) is 2. The van der Waals surface area contributed by atoms with E-state index in [4.69, 9.17) is 15.2 Å². The maximum absolute atomic E-state index is 13.3. The quantitative estimate of drug-likeness (QED) is 0.671. The molecule has 1 unspecified atom stereocenters. The minimum Gasteiger partial charge on any atom is -0.384 e. The Morgan fingerprint density at radius 3 is 2.55 bits per heavy atom. The Morgan fingerprint density at radius 1 is 1.13 bits per heavy atom. The van der Waals surface area contributed by atoms with Gasteiger partial charge in [-0.2, -0.15) is 0 Å². The van der Waals surface area contributed by atoms with Gasteiger partial charge in [-0.1, -0.05) is 36.8 Å². The first kappa shape index (κ1) is 21.5. The number of likely N-dealkylation sites (tertiary alicyclic amines) is 1. The molecular formula is C22H28N4O5. The van der Waals surface area contributed by atoms with E-state index in [1.54, 1.807) is 0 Å². The summed E-state index contributed by atoms with van der Waals surface area (Å²) in [6.45, 7) is 2.00. The monoisotopic (exact) mass is 428 g/mol. The summed E-state index contributed by atoms with van der Waals surface area (Å²) in [6.07, 6.45) is 2.49. The van der Waals surface area contributed by atoms with Gasteiger partial charge in [-0.15, -0.1) is 0 Å². The second kappa shape index (κ2) is 9.17. The van der Waals surface area contributed by atoms with Crippen molar-refractivity contribution in [2.24, 2.45) is 7.05 Å². The summed E-state index contributed by atoms with van der Waals surface area (Å²) in [7, 11) is 1.37. The lowest BCUT2D eigenvalue weighted by molar-refractivity contribution is -0.107. The molecule has 2 aliphatic rings. The average molecular weight is 428 g/mol. The molecule has 0 bridgehead atoms. The molecule has 4 rings (SSSR count). The smallest absolute Gasteiger partial charge is 0.332 e. The van der Waals surface area contributed by atoms with Gasteiger partial charge in [-0.25, -0.2) is 4.79 Å². The molecule has 2 aliphatic heterocycles. The third-order valence-electron chi connectivity index (χ3n) is 6.02. The van der Waals surface area contributed by atoms with Crippen LogP contribution in [0.4, 0.5) is 5.82 Å². The number of rotatable bonds is 6. The van der Waals surface area contributed by atoms with Gasteiger partial charge in [0, 0.05) is 7.05 Å². The molecule has 9 nitrogen and oxygen atoms in total. The van der Waals surface area contributed by atoms with Crippen molar-refractivity contribution in [2.75, 3.05) is 32.0 Å². The van der Waals surface area contributed by atoms with Crippen LogP contribution in [0.3, 0.4) is 0 Å². The molecule has 0 radical (unpaired) electrons. The summed E-state index contributed by atoms with van der Waals surface area (Å²) in [5.41, 5.74) is 5.71. The van der Waals surface area contributed by atoms with Crippen molar-refractivity contribution in [3.8, 4) is 0 Å². The number of anilines is 1. The van der Waals surface area contributed by atoms with E-state index in [2.05, 4.69) is 0 Å². The largest absolute Gasteiger partial charge is 0.384 e. The van der Waals surface area contributed by atoms with E-state index in [0.29, 0.717) is 19.8 Å². The van der Waals surface area contributed by atoms with Gasteiger partial charge in [0.1, 0.15) is 11.4 Å². The highest BCUT2D eigenvalue weighted by Crippen LogP contribution is 2.24. The first-order valence-corrected chi connectivity index (χ1v) is 10.6. The lowest BCUT2D eigenvalue weighted by atomic mass is 10.0. The Hall–Kier alpha value is -2.75. The fraction of sp³-hybridized carbons (Fsp3) is 0.500. The maximum atomic E-state index is 13.3. The fourth-order valence-corrected chi connectivity index (χ4v) is 4.35. The van der Waals surface area contributed by atoms with Gasteiger partial charge in [0.25, 0.3) is 5.56 Å². The number of hydrogen-bond acceptors (Lipinski definition) is 7. The molecule has 2 aromatic rings. The lowest BCUT2D eigenvalue weighted by Crippen LogP contribution is -2.50. The number of carbonyl (C=O) groups is 1. The molecule has 1 aromatic heterocycles. The summed E-state index contributed by atoms with van der Waals surface area (Å²) in [4.78, 5) is 40.8. The topological polar surface area (TPSA) is 109 Å². The Labute approximate surface area is 180 Å². The highest BCUT2D eigenvalue weighted by atomic mass is 16.7. The first-order valence-electron chi connectivity index (χ1n) is 10.6. The summed E-state index contributed by atoms with van der Waals surface area (Å²) >= 11 is 0. The van der Waals surface area contributed by atoms with Gasteiger partial charge < -0.3 is 15.2 Å². The normalized spacial score (nSPS) is 20.2. The minimum atomic E-state index is -0.668. The number of nitrogens with zero attached hydrogens (tertiary/aromatic N) is 3. The zero-order valence-corrected chi connectivity index (χ0v) is 17.7. The average Bonchev–Trinajstić information content (AvgIpc) is 3.31. The van der Waals surface area contributed by atoms with Crippen LogP contribution in [0.5, 0.6) is 0 Å². The molecule has 2 fully saturated rings. The molecule has 9 heteroatoms. The van der Waals surface area contributed by atoms with Gasteiger partial charge in [-0.05, 0) is 24.9 Å². The molecule has 0 spiro atoms. The Kier molecular flexibility index (Phi) is 6.35. The summed E-state index contributed by atoms with van der Waals surface area (Å²) < 4.78 is 13.6. The van der Waals surface area contributed by atoms with E-state index < -0.39 is 17.0 Å². The van der Waals surface area contributed by atoms with Crippen LogP contribution in [0.2, 0.25) is 0 Å². The number of aromatic nitrogens is 2. The van der Waals surface area contributed by atoms with Crippen molar-refractivity contribution in [3.05, 3.63) is 62.3 Å². The molecule has 0 saturated carbocycles. The zero-order valence-electron chi connectivity index (χ0n) is 17.7. The molecule has 2 saturated heterocycles. The number of nitrogen functional groups attached to an aromatic ring is 1. The van der Waals surface area contributed by atoms with Gasteiger partial charge >= 0.3 is 5.69 Å². The maximum Gasteiger partial charge on any atom is 0.332 e. The van der Waals surface area contributed by atoms with E-state index in [1.165, 1.54) is 11.6 Å². The van der Waals surface area contributed by atoms with Crippen molar-refractivity contribution >= 4 is 11.6 Å². The van der Waals surface area contributed by atoms with Crippen LogP contribution in [-0.2, 0) is 23.1 Å². The Bertz CT molecular complexity index is 1060. The summed E-state index contributed by atoms with van der Waals surface area (Å²) in [5.74, 6) is -0.492. The standard InChI is InChI=1S/C22H28N4O5/c1-24-20(28)18(19(23)26(22(24)29)13-15-7-3-2-4-8-15)17(27)14-25-10-6-5-9-16(25)21-30-11-12-31-21/h2-4,7-8,16,21H,5-6,9-14,23H2,1H3. The molecule has 0 aliphatic carbocycles. The summed E-state index contributed by atoms with van der Waals surface area (Å²) in [6, 6.07) is 9.26. The molecule has 166 valence electrons. The number of benzene rings is 1. The van der Waals surface area contributed by atoms with Crippen LogP contribution in [0.25, 0.3) is 0 Å². The highest BCUT2D eigenvalue weighted by molar-refractivity contribution is 6.01. The third-order valence-corrected chi connectivity index (χ3v) is 6.02. The lowest BCUT2D eigenvalue weighted by Gasteiger charge is -2.37. The second-order valence-corrected chi connectivity index (χ2v) is 8.05. The number of carbonyl (C=O) groups excluding carboxylic acids is 1. The van der Waals surface area contributed by atoms with E-state index >= 15 is 0 Å². The van der Waals surface area contributed by atoms with Crippen molar-refractivity contribution in [1.82, 2.24) is 14.0 Å². The van der Waals surface area contributed by atoms with Crippen molar-refractivity contribution in [1.29, 1.82) is 0 Å². The second-order valence-electron chi connectivity index (χ2n) is 8.05. The van der Waals surface area contributed by atoms with Crippen molar-refractivity contribution in [2.45, 2.75) is 38.1 Å². The predicted octanol–water partition coefficient (Wildman–Crippen LogP) is 0.588. The molecule has 1 atom stereocenters. The van der Waals surface area contributed by atoms with Crippen molar-refractivity contribution in [3.63, 3.8) is 0 Å². The molecular weight excluding hydrogens is 400 g/mol. The van der Waals surface area contributed by atoms with Gasteiger partial charge in [0.05, 0.1) is 32.3 Å². The van der Waals surface area contributed by atoms with Crippen LogP contribution in [-0.4, -0.2) is 58.5 Å². The SMILES string of the molecule is Cn1c(=O)c(C(=O)CN2CCCCC2C2OCCO2)c(N)n(Cc2ccccc2)c1=O. The predicted molar refractivity (Wildman–Crippen MR) is 115 cm³/mol. The molecule has 31 heavy (non-hydrogen) atoms. The molecule has 2 N–H and O–H groups in total. The van der Waals surface area contributed by atoms with Crippen LogP contribution in [0.1, 0.15) is 35.2 Å². The van der Waals surface area contributed by atoms with Crippen LogP contribution >= 0.6 is 0 Å². The highest BCUT2D eigenvalue weighted by Gasteiger charge is 2.35. The van der Waals surface area contributed by atoms with Gasteiger partial charge in [-0.3, -0.25) is 23.6 Å². The minimum absolute atomic E-state index is 0.0247. The van der Waals surface area contributed by atoms with Crippen LogP contribution in [0.15, 0.2) is 39.9 Å². The number of piperidine rings is 1. The van der Waals surface area contributed by atoms with Gasteiger partial charge in [0.2, 0.25) is 0 Å². The van der Waals surface area contributed by atoms with Crippen molar-refractivity contribution < 1.29 is 14.3 Å². The number of ketones is 1. The molecule has 0 amide bonds. The number of nitrogens with two attached hydrogens (primary N) is 1. The first-order chi connectivity index (χ1) is 15.0. The Morgan fingerprint density at radius 2 is 1.84 bits per heavy atom. The number of hydrogen-bond donors (Lipinski definition) is 1. The zero-order chi connectivity index (χ0) is 22.0. The fourth-order valence-electron chi connectivity index (χ4n) is 4.35. The third kappa shape index (κ3) is 4.34. The molecule has 3 heterocycles. The number of Topliss-reactive ketones (excluding diaryl/α,β-unsaturated/α-hetero) is 1. The van der Waals surface area contributed by atoms with E-state index in [9.17, 15) is 14.4 Å². The van der Waals surface area contributed by atoms with Crippen LogP contribution in [0, 0.1) is 0 Å². The van der Waals surface area contributed by atoms with E-state index in [0.717, 1.165) is 29.4 Å². The van der Waals surface area contributed by atoms with E-state index in [1.807, 2.05) is 35.2 Å². The Balaban J connectivity index is 1.64. The van der Waals surface area contributed by atoms with Gasteiger partial charge in [0.15, 0.2) is 12.1 Å². The van der Waals surface area contributed by atoms with Crippen LogP contribution < -0.4 is 17.0 Å². The van der Waals surface area contributed by atoms with E-state index in [-0.39, 0.29) is 36.8 Å².